The number of aliphatic hydroxyl groups is 3. The Kier molecular flexibility index (Phi) is 6.19. The number of rotatable bonds is 7. The molecule has 0 amide bonds. The van der Waals surface area contributed by atoms with Crippen LogP contribution < -0.4 is 5.49 Å². The van der Waals surface area contributed by atoms with Crippen molar-refractivity contribution < 1.29 is 29.1 Å². The highest BCUT2D eigenvalue weighted by molar-refractivity contribution is 7.39. The second-order valence-electron chi connectivity index (χ2n) is 7.59. The number of hydrogen-bond donors (Lipinski definition) is 4. The SMILES string of the molecule is CCC(C)(C[C@H]1OC(n2cnc3c(=N)n(C)cnc32)[C@H](O)[C@@H]1O)O[P+](=O)C(C)O. The quantitative estimate of drug-likeness (QED) is 0.465. The van der Waals surface area contributed by atoms with E-state index in [0.717, 1.165) is 0 Å². The van der Waals surface area contributed by atoms with Crippen molar-refractivity contribution >= 4 is 19.2 Å². The molecule has 1 aliphatic rings. The number of fused-ring (bicyclic) bond motifs is 1. The summed E-state index contributed by atoms with van der Waals surface area (Å²) in [4.78, 5) is 8.45. The minimum absolute atomic E-state index is 0.157. The van der Waals surface area contributed by atoms with Gasteiger partial charge in [-0.2, -0.15) is 0 Å². The molecule has 11 nitrogen and oxygen atoms in total. The average Bonchev–Trinajstić information content (AvgIpc) is 3.21. The summed E-state index contributed by atoms with van der Waals surface area (Å²) < 4.78 is 26.4. The number of nitrogens with one attached hydrogen (secondary N) is 1. The molecule has 4 N–H and O–H groups in total. The Hall–Kier alpha value is -1.75. The predicted molar refractivity (Wildman–Crippen MR) is 102 cm³/mol. The lowest BCUT2D eigenvalue weighted by molar-refractivity contribution is -0.0628. The van der Waals surface area contributed by atoms with E-state index >= 15 is 0 Å². The van der Waals surface area contributed by atoms with E-state index in [1.807, 2.05) is 6.92 Å². The molecule has 3 rings (SSSR count). The molecule has 4 unspecified atom stereocenters. The largest absolute Gasteiger partial charge is 0.540 e. The summed E-state index contributed by atoms with van der Waals surface area (Å²) >= 11 is 0. The summed E-state index contributed by atoms with van der Waals surface area (Å²) in [5.41, 5.74) is -0.0643. The van der Waals surface area contributed by atoms with E-state index in [2.05, 4.69) is 9.97 Å². The number of nitrogens with zero attached hydrogens (tertiary/aromatic N) is 4. The fourth-order valence-corrected chi connectivity index (χ4v) is 4.09. The summed E-state index contributed by atoms with van der Waals surface area (Å²) in [6.07, 6.45) is -0.727. The number of hydrogen-bond acceptors (Lipinski definition) is 9. The molecule has 2 aromatic rings. The fourth-order valence-electron chi connectivity index (χ4n) is 3.29. The highest BCUT2D eigenvalue weighted by Gasteiger charge is 2.49. The van der Waals surface area contributed by atoms with Gasteiger partial charge >= 0.3 is 8.03 Å². The second-order valence-corrected chi connectivity index (χ2v) is 9.09. The summed E-state index contributed by atoms with van der Waals surface area (Å²) in [6, 6.07) is 0. The Balaban J connectivity index is 1.84. The highest BCUT2D eigenvalue weighted by Crippen LogP contribution is 2.41. The number of aromatic nitrogens is 4. The zero-order valence-electron chi connectivity index (χ0n) is 16.8. The van der Waals surface area contributed by atoms with Crippen molar-refractivity contribution in [3.8, 4) is 0 Å². The van der Waals surface area contributed by atoms with Gasteiger partial charge in [0.15, 0.2) is 17.4 Å². The molecule has 1 fully saturated rings. The van der Waals surface area contributed by atoms with E-state index in [-0.39, 0.29) is 11.9 Å². The normalized spacial score (nSPS) is 28.4. The molecule has 0 radical (unpaired) electrons. The zero-order chi connectivity index (χ0) is 21.5. The first-order valence-electron chi connectivity index (χ1n) is 9.36. The lowest BCUT2D eigenvalue weighted by Crippen LogP contribution is -2.38. The molecule has 12 heteroatoms. The molecule has 2 aromatic heterocycles. The van der Waals surface area contributed by atoms with Crippen molar-refractivity contribution in [3.63, 3.8) is 0 Å². The van der Waals surface area contributed by atoms with Crippen molar-refractivity contribution in [2.24, 2.45) is 7.05 Å². The molecule has 0 aromatic carbocycles. The van der Waals surface area contributed by atoms with Crippen LogP contribution >= 0.6 is 8.03 Å². The van der Waals surface area contributed by atoms with Gasteiger partial charge in [0.2, 0.25) is 0 Å². The van der Waals surface area contributed by atoms with Crippen LogP contribution in [0.5, 0.6) is 0 Å². The van der Waals surface area contributed by atoms with Gasteiger partial charge in [-0.05, 0) is 17.9 Å². The number of imidazole rings is 1. The summed E-state index contributed by atoms with van der Waals surface area (Å²) in [5, 5.41) is 38.7. The maximum atomic E-state index is 12.0. The van der Waals surface area contributed by atoms with E-state index in [0.29, 0.717) is 17.6 Å². The molecule has 160 valence electrons. The maximum Gasteiger partial charge on any atom is 0.540 e. The van der Waals surface area contributed by atoms with Crippen LogP contribution in [0.2, 0.25) is 0 Å². The average molecular weight is 428 g/mol. The van der Waals surface area contributed by atoms with Gasteiger partial charge in [-0.1, -0.05) is 6.92 Å². The fraction of sp³-hybridized carbons (Fsp3) is 0.706. The standard InChI is InChI=1S/C17H27N5O6P/c1-5-17(3,28-29(26)9(2)23)6-10-12(24)13(25)16(27-10)22-8-19-11-14(18)21(4)7-20-15(11)22/h7-10,12-13,16,18,23-25H,5-6H2,1-4H3/q+1/t9?,10-,12-,13-,16?,17?/m1/s1. The monoisotopic (exact) mass is 428 g/mol. The molecule has 0 spiro atoms. The Morgan fingerprint density at radius 1 is 1.38 bits per heavy atom. The Morgan fingerprint density at radius 3 is 2.69 bits per heavy atom. The molecular weight excluding hydrogens is 401 g/mol. The van der Waals surface area contributed by atoms with Crippen LogP contribution in [-0.2, 0) is 20.9 Å². The van der Waals surface area contributed by atoms with Crippen LogP contribution in [0.1, 0.15) is 39.8 Å². The molecule has 0 aliphatic carbocycles. The number of aryl methyl sites for hydroxylation is 1. The molecular formula is C17H27N5O6P+. The highest BCUT2D eigenvalue weighted by atomic mass is 31.1. The lowest BCUT2D eigenvalue weighted by Gasteiger charge is -2.26. The first kappa shape index (κ1) is 21.9. The van der Waals surface area contributed by atoms with Gasteiger partial charge in [0.1, 0.15) is 23.3 Å². The summed E-state index contributed by atoms with van der Waals surface area (Å²) in [6.45, 7) is 4.94. The molecule has 29 heavy (non-hydrogen) atoms. The smallest absolute Gasteiger partial charge is 0.388 e. The third-order valence-electron chi connectivity index (χ3n) is 5.31. The lowest BCUT2D eigenvalue weighted by atomic mass is 9.93. The predicted octanol–water partition coefficient (Wildman–Crippen LogP) is 0.525. The third kappa shape index (κ3) is 4.11. The van der Waals surface area contributed by atoms with Crippen LogP contribution in [0.15, 0.2) is 12.7 Å². The van der Waals surface area contributed by atoms with Crippen molar-refractivity contribution in [3.05, 3.63) is 18.1 Å². The van der Waals surface area contributed by atoms with Crippen molar-refractivity contribution in [1.29, 1.82) is 5.41 Å². The molecule has 1 saturated heterocycles. The number of ether oxygens (including phenoxy) is 1. The van der Waals surface area contributed by atoms with Gasteiger partial charge in [-0.25, -0.2) is 9.97 Å². The van der Waals surface area contributed by atoms with E-state index in [4.69, 9.17) is 14.7 Å². The maximum absolute atomic E-state index is 12.0. The topological polar surface area (TPSA) is 156 Å². The van der Waals surface area contributed by atoms with Crippen molar-refractivity contribution in [2.45, 2.75) is 69.6 Å². The minimum atomic E-state index is -2.30. The van der Waals surface area contributed by atoms with E-state index in [1.54, 1.807) is 14.0 Å². The van der Waals surface area contributed by atoms with Gasteiger partial charge < -0.3 is 24.6 Å². The van der Waals surface area contributed by atoms with Crippen LogP contribution in [0, 0.1) is 5.41 Å². The Morgan fingerprint density at radius 2 is 2.07 bits per heavy atom. The summed E-state index contributed by atoms with van der Waals surface area (Å²) in [7, 11) is -0.620. The molecule has 0 saturated carbocycles. The Bertz CT molecular complexity index is 961. The van der Waals surface area contributed by atoms with Gasteiger partial charge in [0, 0.05) is 20.4 Å². The Labute approximate surface area is 168 Å². The third-order valence-corrected chi connectivity index (χ3v) is 6.54. The van der Waals surface area contributed by atoms with E-state index in [9.17, 15) is 19.9 Å². The van der Waals surface area contributed by atoms with Crippen molar-refractivity contribution in [2.75, 3.05) is 0 Å². The van der Waals surface area contributed by atoms with Crippen LogP contribution in [0.25, 0.3) is 11.2 Å². The molecule has 3 heterocycles. The molecule has 7 atom stereocenters. The van der Waals surface area contributed by atoms with Crippen molar-refractivity contribution in [1.82, 2.24) is 19.1 Å². The van der Waals surface area contributed by atoms with E-state index < -0.39 is 44.0 Å². The van der Waals surface area contributed by atoms with Gasteiger partial charge in [0.25, 0.3) is 5.85 Å². The van der Waals surface area contributed by atoms with Gasteiger partial charge in [0.05, 0.1) is 18.8 Å². The first-order valence-corrected chi connectivity index (χ1v) is 10.6. The zero-order valence-corrected chi connectivity index (χ0v) is 17.7. The minimum Gasteiger partial charge on any atom is -0.388 e. The molecule has 1 aliphatic heterocycles. The number of aliphatic hydroxyl groups excluding tert-OH is 3. The van der Waals surface area contributed by atoms with Gasteiger partial charge in [-0.15, -0.1) is 4.52 Å². The summed E-state index contributed by atoms with van der Waals surface area (Å²) in [5.74, 6) is -1.12. The van der Waals surface area contributed by atoms with Crippen LogP contribution in [-0.4, -0.2) is 64.2 Å². The van der Waals surface area contributed by atoms with Crippen LogP contribution in [0.3, 0.4) is 0 Å². The van der Waals surface area contributed by atoms with Gasteiger partial charge in [-0.3, -0.25) is 9.98 Å². The van der Waals surface area contributed by atoms with E-state index in [1.165, 1.54) is 28.7 Å². The second kappa shape index (κ2) is 8.17. The first-order chi connectivity index (χ1) is 13.6. The molecule has 0 bridgehead atoms. The van der Waals surface area contributed by atoms with Crippen LogP contribution in [0.4, 0.5) is 0 Å².